The van der Waals surface area contributed by atoms with Crippen molar-refractivity contribution in [3.05, 3.63) is 53.7 Å². The van der Waals surface area contributed by atoms with E-state index in [0.29, 0.717) is 6.04 Å². The van der Waals surface area contributed by atoms with Crippen LogP contribution in [0.25, 0.3) is 0 Å². The molecule has 0 spiro atoms. The lowest BCUT2D eigenvalue weighted by Crippen LogP contribution is -2.21. The summed E-state index contributed by atoms with van der Waals surface area (Å²) in [5.74, 6) is 1.97. The molecule has 2 aromatic heterocycles. The van der Waals surface area contributed by atoms with Gasteiger partial charge in [0, 0.05) is 24.9 Å². The Morgan fingerprint density at radius 2 is 2.06 bits per heavy atom. The highest BCUT2D eigenvalue weighted by Crippen LogP contribution is 2.12. The van der Waals surface area contributed by atoms with Crippen molar-refractivity contribution >= 4 is 0 Å². The van der Waals surface area contributed by atoms with Gasteiger partial charge in [0.1, 0.15) is 11.5 Å². The van der Waals surface area contributed by atoms with Crippen molar-refractivity contribution in [1.82, 2.24) is 10.3 Å². The van der Waals surface area contributed by atoms with E-state index in [0.717, 1.165) is 24.5 Å². The SMILES string of the molecule is CC(C)NCc1ccc(Cc2cccnc2)o1. The van der Waals surface area contributed by atoms with Gasteiger partial charge in [-0.15, -0.1) is 0 Å². The highest BCUT2D eigenvalue weighted by molar-refractivity contribution is 5.18. The fraction of sp³-hybridized carbons (Fsp3) is 0.357. The first-order valence-corrected chi connectivity index (χ1v) is 5.94. The summed E-state index contributed by atoms with van der Waals surface area (Å²) < 4.78 is 5.75. The Morgan fingerprint density at radius 3 is 2.76 bits per heavy atom. The topological polar surface area (TPSA) is 38.1 Å². The maximum atomic E-state index is 5.75. The van der Waals surface area contributed by atoms with Gasteiger partial charge in [0.2, 0.25) is 0 Å². The van der Waals surface area contributed by atoms with Gasteiger partial charge in [0.05, 0.1) is 6.54 Å². The Balaban J connectivity index is 1.94. The van der Waals surface area contributed by atoms with Gasteiger partial charge in [0.15, 0.2) is 0 Å². The van der Waals surface area contributed by atoms with Gasteiger partial charge in [-0.25, -0.2) is 0 Å². The molecule has 3 heteroatoms. The van der Waals surface area contributed by atoms with Crippen molar-refractivity contribution in [3.63, 3.8) is 0 Å². The number of nitrogens with zero attached hydrogens (tertiary/aromatic N) is 1. The van der Waals surface area contributed by atoms with Gasteiger partial charge in [-0.3, -0.25) is 4.98 Å². The summed E-state index contributed by atoms with van der Waals surface area (Å²) in [6, 6.07) is 8.54. The van der Waals surface area contributed by atoms with Crippen LogP contribution in [-0.2, 0) is 13.0 Å². The van der Waals surface area contributed by atoms with Crippen LogP contribution >= 0.6 is 0 Å². The molecule has 0 saturated heterocycles. The molecule has 90 valence electrons. The van der Waals surface area contributed by atoms with Gasteiger partial charge in [0.25, 0.3) is 0 Å². The summed E-state index contributed by atoms with van der Waals surface area (Å²) in [4.78, 5) is 4.09. The number of aromatic nitrogens is 1. The lowest BCUT2D eigenvalue weighted by molar-refractivity contribution is 0.441. The molecular weight excluding hydrogens is 212 g/mol. The number of nitrogens with one attached hydrogen (secondary N) is 1. The lowest BCUT2D eigenvalue weighted by Gasteiger charge is -2.05. The monoisotopic (exact) mass is 230 g/mol. The van der Waals surface area contributed by atoms with Crippen LogP contribution in [0.5, 0.6) is 0 Å². The van der Waals surface area contributed by atoms with E-state index in [2.05, 4.69) is 30.2 Å². The minimum Gasteiger partial charge on any atom is -0.464 e. The van der Waals surface area contributed by atoms with Crippen molar-refractivity contribution < 1.29 is 4.42 Å². The van der Waals surface area contributed by atoms with Crippen LogP contribution in [0, 0.1) is 0 Å². The average molecular weight is 230 g/mol. The fourth-order valence-electron chi connectivity index (χ4n) is 1.62. The second-order valence-corrected chi connectivity index (χ2v) is 4.44. The molecular formula is C14H18N2O. The number of pyridine rings is 1. The smallest absolute Gasteiger partial charge is 0.117 e. The zero-order valence-corrected chi connectivity index (χ0v) is 10.3. The van der Waals surface area contributed by atoms with E-state index in [4.69, 9.17) is 4.42 Å². The van der Waals surface area contributed by atoms with Gasteiger partial charge in [-0.1, -0.05) is 19.9 Å². The zero-order chi connectivity index (χ0) is 12.1. The van der Waals surface area contributed by atoms with Gasteiger partial charge >= 0.3 is 0 Å². The van der Waals surface area contributed by atoms with Crippen molar-refractivity contribution in [2.45, 2.75) is 32.9 Å². The van der Waals surface area contributed by atoms with Crippen LogP contribution in [0.4, 0.5) is 0 Å². The Kier molecular flexibility index (Phi) is 3.94. The predicted molar refractivity (Wildman–Crippen MR) is 67.7 cm³/mol. The second-order valence-electron chi connectivity index (χ2n) is 4.44. The maximum Gasteiger partial charge on any atom is 0.117 e. The second kappa shape index (κ2) is 5.64. The van der Waals surface area contributed by atoms with E-state index in [1.54, 1.807) is 6.20 Å². The van der Waals surface area contributed by atoms with Crippen LogP contribution in [0.1, 0.15) is 30.9 Å². The standard InChI is InChI=1S/C14H18N2O/c1-11(2)16-10-14-6-5-13(17-14)8-12-4-3-7-15-9-12/h3-7,9,11,16H,8,10H2,1-2H3. The molecule has 0 aliphatic carbocycles. The molecule has 0 amide bonds. The summed E-state index contributed by atoms with van der Waals surface area (Å²) in [6.45, 7) is 5.03. The van der Waals surface area contributed by atoms with E-state index in [9.17, 15) is 0 Å². The van der Waals surface area contributed by atoms with Crippen molar-refractivity contribution in [2.24, 2.45) is 0 Å². The van der Waals surface area contributed by atoms with Crippen molar-refractivity contribution in [3.8, 4) is 0 Å². The fourth-order valence-corrected chi connectivity index (χ4v) is 1.62. The average Bonchev–Trinajstić information content (AvgIpc) is 2.75. The van der Waals surface area contributed by atoms with Crippen LogP contribution in [0.3, 0.4) is 0 Å². The molecule has 0 unspecified atom stereocenters. The predicted octanol–water partition coefficient (Wildman–Crippen LogP) is 2.76. The van der Waals surface area contributed by atoms with Crippen LogP contribution in [-0.4, -0.2) is 11.0 Å². The van der Waals surface area contributed by atoms with Gasteiger partial charge < -0.3 is 9.73 Å². The molecule has 17 heavy (non-hydrogen) atoms. The Labute approximate surface area is 102 Å². The Bertz CT molecular complexity index is 448. The number of hydrogen-bond donors (Lipinski definition) is 1. The molecule has 2 heterocycles. The van der Waals surface area contributed by atoms with E-state index >= 15 is 0 Å². The maximum absolute atomic E-state index is 5.75. The van der Waals surface area contributed by atoms with Crippen LogP contribution in [0.2, 0.25) is 0 Å². The molecule has 0 aromatic carbocycles. The molecule has 0 saturated carbocycles. The summed E-state index contributed by atoms with van der Waals surface area (Å²) >= 11 is 0. The normalized spacial score (nSPS) is 11.0. The molecule has 0 radical (unpaired) electrons. The molecule has 0 bridgehead atoms. The van der Waals surface area contributed by atoms with Crippen LogP contribution in [0.15, 0.2) is 41.1 Å². The van der Waals surface area contributed by atoms with Gasteiger partial charge in [-0.2, -0.15) is 0 Å². The quantitative estimate of drug-likeness (QED) is 0.858. The third-order valence-electron chi connectivity index (χ3n) is 2.50. The summed E-state index contributed by atoms with van der Waals surface area (Å²) in [7, 11) is 0. The summed E-state index contributed by atoms with van der Waals surface area (Å²) in [6.07, 6.45) is 4.45. The highest BCUT2D eigenvalue weighted by atomic mass is 16.3. The number of hydrogen-bond acceptors (Lipinski definition) is 3. The van der Waals surface area contributed by atoms with E-state index < -0.39 is 0 Å². The molecule has 0 aliphatic heterocycles. The van der Waals surface area contributed by atoms with E-state index in [-0.39, 0.29) is 0 Å². The molecule has 2 rings (SSSR count). The Hall–Kier alpha value is -1.61. The molecule has 0 fully saturated rings. The van der Waals surface area contributed by atoms with Gasteiger partial charge in [-0.05, 0) is 23.8 Å². The zero-order valence-electron chi connectivity index (χ0n) is 10.3. The third-order valence-corrected chi connectivity index (χ3v) is 2.50. The minimum atomic E-state index is 0.474. The van der Waals surface area contributed by atoms with Crippen molar-refractivity contribution in [2.75, 3.05) is 0 Å². The van der Waals surface area contributed by atoms with Crippen molar-refractivity contribution in [1.29, 1.82) is 0 Å². The number of rotatable bonds is 5. The summed E-state index contributed by atoms with van der Waals surface area (Å²) in [5, 5.41) is 3.33. The highest BCUT2D eigenvalue weighted by Gasteiger charge is 2.03. The van der Waals surface area contributed by atoms with Crippen LogP contribution < -0.4 is 5.32 Å². The molecule has 0 aliphatic rings. The number of furan rings is 1. The molecule has 3 nitrogen and oxygen atoms in total. The molecule has 2 aromatic rings. The molecule has 1 N–H and O–H groups in total. The minimum absolute atomic E-state index is 0.474. The largest absolute Gasteiger partial charge is 0.464 e. The molecule has 0 atom stereocenters. The van der Waals surface area contributed by atoms with E-state index in [1.165, 1.54) is 5.56 Å². The first-order chi connectivity index (χ1) is 8.24. The Morgan fingerprint density at radius 1 is 1.24 bits per heavy atom. The lowest BCUT2D eigenvalue weighted by atomic mass is 10.2. The first kappa shape index (κ1) is 11.9. The van der Waals surface area contributed by atoms with E-state index in [1.807, 2.05) is 24.4 Å². The third kappa shape index (κ3) is 3.71. The first-order valence-electron chi connectivity index (χ1n) is 5.94. The summed E-state index contributed by atoms with van der Waals surface area (Å²) in [5.41, 5.74) is 1.17.